The molecule has 0 heterocycles. The Hall–Kier alpha value is -1.04. The summed E-state index contributed by atoms with van der Waals surface area (Å²) in [4.78, 5) is 0. The zero-order valence-electron chi connectivity index (χ0n) is 7.20. The van der Waals surface area contributed by atoms with Crippen LogP contribution in [0, 0.1) is 11.3 Å². The van der Waals surface area contributed by atoms with Crippen molar-refractivity contribution < 1.29 is 0 Å². The minimum Gasteiger partial charge on any atom is -0.297 e. The number of nitrogens with one attached hydrogen (secondary N) is 1. The molecule has 0 radical (unpaired) electrons. The second-order valence-electron chi connectivity index (χ2n) is 2.70. The van der Waals surface area contributed by atoms with Gasteiger partial charge in [0.25, 0.3) is 0 Å². The van der Waals surface area contributed by atoms with E-state index in [4.69, 9.17) is 16.9 Å². The van der Waals surface area contributed by atoms with Crippen LogP contribution < -0.4 is 5.32 Å². The van der Waals surface area contributed by atoms with E-state index in [2.05, 4.69) is 11.4 Å². The molecule has 1 unspecified atom stereocenters. The average molecular weight is 195 g/mol. The van der Waals surface area contributed by atoms with E-state index in [0.717, 1.165) is 5.56 Å². The summed E-state index contributed by atoms with van der Waals surface area (Å²) < 4.78 is 0. The second-order valence-corrected chi connectivity index (χ2v) is 3.01. The lowest BCUT2D eigenvalue weighted by Crippen LogP contribution is -2.28. The van der Waals surface area contributed by atoms with Crippen molar-refractivity contribution >= 4 is 11.6 Å². The number of nitriles is 1. The van der Waals surface area contributed by atoms with Crippen LogP contribution in [0.5, 0.6) is 0 Å². The molecule has 1 N–H and O–H groups in total. The Balaban J connectivity index is 2.40. The van der Waals surface area contributed by atoms with Gasteiger partial charge in [0.2, 0.25) is 0 Å². The van der Waals surface area contributed by atoms with Crippen LogP contribution in [0.15, 0.2) is 30.3 Å². The fraction of sp³-hybridized carbons (Fsp3) is 0.300. The van der Waals surface area contributed by atoms with E-state index in [9.17, 15) is 0 Å². The van der Waals surface area contributed by atoms with Crippen LogP contribution >= 0.6 is 11.6 Å². The highest BCUT2D eigenvalue weighted by Gasteiger charge is 2.02. The fourth-order valence-electron chi connectivity index (χ4n) is 0.972. The summed E-state index contributed by atoms with van der Waals surface area (Å²) in [6.07, 6.45) is 0. The van der Waals surface area contributed by atoms with Gasteiger partial charge < -0.3 is 0 Å². The molecule has 0 saturated heterocycles. The van der Waals surface area contributed by atoms with Crippen molar-refractivity contribution in [3.05, 3.63) is 35.9 Å². The van der Waals surface area contributed by atoms with Crippen molar-refractivity contribution in [2.24, 2.45) is 0 Å². The fourth-order valence-corrected chi connectivity index (χ4v) is 1.15. The molecule has 1 atom stereocenters. The first-order chi connectivity index (χ1) is 6.36. The molecule has 2 nitrogen and oxygen atoms in total. The summed E-state index contributed by atoms with van der Waals surface area (Å²) in [7, 11) is 0. The van der Waals surface area contributed by atoms with Crippen molar-refractivity contribution in [1.29, 1.82) is 5.26 Å². The Morgan fingerprint density at radius 1 is 1.38 bits per heavy atom. The number of hydrogen-bond donors (Lipinski definition) is 1. The molecule has 0 spiro atoms. The van der Waals surface area contributed by atoms with Crippen LogP contribution in [0.1, 0.15) is 5.56 Å². The van der Waals surface area contributed by atoms with Crippen molar-refractivity contribution in [3.8, 4) is 6.07 Å². The van der Waals surface area contributed by atoms with Gasteiger partial charge in [-0.3, -0.25) is 5.32 Å². The maximum absolute atomic E-state index is 8.61. The molecule has 0 aliphatic carbocycles. The molecule has 1 aromatic carbocycles. The molecule has 0 aliphatic heterocycles. The number of alkyl halides is 1. The van der Waals surface area contributed by atoms with Crippen molar-refractivity contribution in [1.82, 2.24) is 5.32 Å². The summed E-state index contributed by atoms with van der Waals surface area (Å²) in [6.45, 7) is 0.686. The van der Waals surface area contributed by atoms with Gasteiger partial charge >= 0.3 is 0 Å². The molecule has 1 rings (SSSR count). The molecule has 0 bridgehead atoms. The molecular weight excluding hydrogens is 184 g/mol. The number of hydrogen-bond acceptors (Lipinski definition) is 2. The third kappa shape index (κ3) is 3.45. The largest absolute Gasteiger partial charge is 0.297 e. The van der Waals surface area contributed by atoms with Crippen LogP contribution in [0.2, 0.25) is 0 Å². The lowest BCUT2D eigenvalue weighted by molar-refractivity contribution is 0.646. The monoisotopic (exact) mass is 194 g/mol. The average Bonchev–Trinajstić information content (AvgIpc) is 2.21. The molecule has 1 aromatic rings. The summed E-state index contributed by atoms with van der Waals surface area (Å²) in [5, 5.41) is 11.6. The lowest BCUT2D eigenvalue weighted by Gasteiger charge is -2.07. The number of benzene rings is 1. The van der Waals surface area contributed by atoms with E-state index in [0.29, 0.717) is 12.4 Å². The maximum Gasteiger partial charge on any atom is 0.109 e. The van der Waals surface area contributed by atoms with Gasteiger partial charge in [-0.1, -0.05) is 30.3 Å². The SMILES string of the molecule is N#CC(CCl)NCc1ccccc1. The lowest BCUT2D eigenvalue weighted by atomic mass is 10.2. The Bertz CT molecular complexity index is 279. The maximum atomic E-state index is 8.61. The smallest absolute Gasteiger partial charge is 0.109 e. The van der Waals surface area contributed by atoms with E-state index < -0.39 is 0 Å². The van der Waals surface area contributed by atoms with Crippen molar-refractivity contribution in [2.45, 2.75) is 12.6 Å². The van der Waals surface area contributed by atoms with E-state index >= 15 is 0 Å². The standard InChI is InChI=1S/C10H11ClN2/c11-6-10(7-12)13-8-9-4-2-1-3-5-9/h1-5,10,13H,6,8H2. The van der Waals surface area contributed by atoms with Gasteiger partial charge in [0.15, 0.2) is 0 Å². The topological polar surface area (TPSA) is 35.8 Å². The molecule has 0 aromatic heterocycles. The van der Waals surface area contributed by atoms with Crippen LogP contribution in [-0.2, 0) is 6.54 Å². The minimum atomic E-state index is -0.262. The predicted octanol–water partition coefficient (Wildman–Crippen LogP) is 1.91. The summed E-state index contributed by atoms with van der Waals surface area (Å²) in [6, 6.07) is 11.7. The highest BCUT2D eigenvalue weighted by Crippen LogP contribution is 1.98. The first-order valence-corrected chi connectivity index (χ1v) is 4.63. The highest BCUT2D eigenvalue weighted by molar-refractivity contribution is 6.18. The Kier molecular flexibility index (Phi) is 4.31. The van der Waals surface area contributed by atoms with E-state index in [1.807, 2.05) is 30.3 Å². The summed E-state index contributed by atoms with van der Waals surface area (Å²) >= 11 is 5.55. The molecule has 68 valence electrons. The van der Waals surface area contributed by atoms with Crippen molar-refractivity contribution in [2.75, 3.05) is 5.88 Å². The van der Waals surface area contributed by atoms with Crippen LogP contribution in [-0.4, -0.2) is 11.9 Å². The molecule has 0 amide bonds. The normalized spacial score (nSPS) is 12.0. The first-order valence-electron chi connectivity index (χ1n) is 4.09. The molecule has 0 aliphatic rings. The van der Waals surface area contributed by atoms with Crippen LogP contribution in [0.25, 0.3) is 0 Å². The van der Waals surface area contributed by atoms with Gasteiger partial charge in [-0.25, -0.2) is 0 Å². The van der Waals surface area contributed by atoms with Gasteiger partial charge in [-0.2, -0.15) is 5.26 Å². The zero-order chi connectivity index (χ0) is 9.52. The quantitative estimate of drug-likeness (QED) is 0.744. The van der Waals surface area contributed by atoms with Gasteiger partial charge in [-0.15, -0.1) is 11.6 Å². The summed E-state index contributed by atoms with van der Waals surface area (Å²) in [5.41, 5.74) is 1.16. The Morgan fingerprint density at radius 3 is 2.62 bits per heavy atom. The third-order valence-corrected chi connectivity index (χ3v) is 2.01. The molecule has 0 fully saturated rings. The van der Waals surface area contributed by atoms with Gasteiger partial charge in [-0.05, 0) is 5.56 Å². The van der Waals surface area contributed by atoms with Gasteiger partial charge in [0, 0.05) is 6.54 Å². The minimum absolute atomic E-state index is 0.262. The Labute approximate surface area is 83.1 Å². The molecule has 0 saturated carbocycles. The molecule has 3 heteroatoms. The summed E-state index contributed by atoms with van der Waals surface area (Å²) in [5.74, 6) is 0.323. The molecule has 13 heavy (non-hydrogen) atoms. The van der Waals surface area contributed by atoms with Crippen LogP contribution in [0.3, 0.4) is 0 Å². The molecular formula is C10H11ClN2. The third-order valence-electron chi connectivity index (χ3n) is 1.71. The number of halogens is 1. The highest BCUT2D eigenvalue weighted by atomic mass is 35.5. The zero-order valence-corrected chi connectivity index (χ0v) is 7.96. The van der Waals surface area contributed by atoms with E-state index in [-0.39, 0.29) is 6.04 Å². The first kappa shape index (κ1) is 10.0. The number of rotatable bonds is 4. The predicted molar refractivity (Wildman–Crippen MR) is 53.4 cm³/mol. The van der Waals surface area contributed by atoms with E-state index in [1.165, 1.54) is 0 Å². The van der Waals surface area contributed by atoms with Gasteiger partial charge in [0.1, 0.15) is 6.04 Å². The van der Waals surface area contributed by atoms with Crippen LogP contribution in [0.4, 0.5) is 0 Å². The Morgan fingerprint density at radius 2 is 2.08 bits per heavy atom. The van der Waals surface area contributed by atoms with Crippen molar-refractivity contribution in [3.63, 3.8) is 0 Å². The van der Waals surface area contributed by atoms with Gasteiger partial charge in [0.05, 0.1) is 11.9 Å². The number of nitrogens with zero attached hydrogens (tertiary/aromatic N) is 1. The second kappa shape index (κ2) is 5.58. The van der Waals surface area contributed by atoms with E-state index in [1.54, 1.807) is 0 Å².